The molecule has 0 amide bonds. The number of likely N-dealkylation sites (tertiary alicyclic amines) is 1. The predicted molar refractivity (Wildman–Crippen MR) is 78.9 cm³/mol. The van der Waals surface area contributed by atoms with E-state index in [4.69, 9.17) is 9.47 Å². The van der Waals surface area contributed by atoms with Gasteiger partial charge in [0.2, 0.25) is 0 Å². The predicted octanol–water partition coefficient (Wildman–Crippen LogP) is 0.617. The summed E-state index contributed by atoms with van der Waals surface area (Å²) in [6, 6.07) is 0.639. The zero-order valence-corrected chi connectivity index (χ0v) is 12.7. The van der Waals surface area contributed by atoms with Crippen molar-refractivity contribution >= 4 is 0 Å². The third kappa shape index (κ3) is 5.30. The SMILES string of the molecule is CCN1CCC[C@H]1CNC[C@H](O)COC[C@@H]1CCCO1. The van der Waals surface area contributed by atoms with Crippen LogP contribution in [0.2, 0.25) is 0 Å². The Morgan fingerprint density at radius 3 is 3.05 bits per heavy atom. The molecule has 20 heavy (non-hydrogen) atoms. The van der Waals surface area contributed by atoms with Gasteiger partial charge in [0.25, 0.3) is 0 Å². The molecular weight excluding hydrogens is 256 g/mol. The highest BCUT2D eigenvalue weighted by molar-refractivity contribution is 4.80. The molecule has 0 spiro atoms. The fourth-order valence-electron chi connectivity index (χ4n) is 3.13. The fourth-order valence-corrected chi connectivity index (χ4v) is 3.13. The van der Waals surface area contributed by atoms with Crippen LogP contribution in [0.4, 0.5) is 0 Å². The van der Waals surface area contributed by atoms with Crippen LogP contribution >= 0.6 is 0 Å². The summed E-state index contributed by atoms with van der Waals surface area (Å²) in [5, 5.41) is 13.2. The van der Waals surface area contributed by atoms with E-state index in [1.807, 2.05) is 0 Å². The number of aliphatic hydroxyl groups excluding tert-OH is 1. The van der Waals surface area contributed by atoms with Gasteiger partial charge in [-0.25, -0.2) is 0 Å². The van der Waals surface area contributed by atoms with Crippen molar-refractivity contribution in [1.82, 2.24) is 10.2 Å². The number of ether oxygens (including phenoxy) is 2. The van der Waals surface area contributed by atoms with Crippen LogP contribution in [0.15, 0.2) is 0 Å². The summed E-state index contributed by atoms with van der Waals surface area (Å²) in [5.74, 6) is 0. The normalized spacial score (nSPS) is 29.1. The van der Waals surface area contributed by atoms with Crippen LogP contribution in [0.3, 0.4) is 0 Å². The topological polar surface area (TPSA) is 54.0 Å². The molecular formula is C15H30N2O3. The third-order valence-corrected chi connectivity index (χ3v) is 4.30. The lowest BCUT2D eigenvalue weighted by atomic mass is 10.2. The van der Waals surface area contributed by atoms with Crippen LogP contribution in [0.25, 0.3) is 0 Å². The van der Waals surface area contributed by atoms with Crippen molar-refractivity contribution in [2.45, 2.75) is 50.9 Å². The van der Waals surface area contributed by atoms with Gasteiger partial charge in [0, 0.05) is 25.7 Å². The average Bonchev–Trinajstić information content (AvgIpc) is 3.09. The Morgan fingerprint density at radius 2 is 2.30 bits per heavy atom. The van der Waals surface area contributed by atoms with Gasteiger partial charge in [-0.3, -0.25) is 4.90 Å². The smallest absolute Gasteiger partial charge is 0.0897 e. The number of hydrogen-bond donors (Lipinski definition) is 2. The Labute approximate surface area is 122 Å². The van der Waals surface area contributed by atoms with Gasteiger partial charge in [0.15, 0.2) is 0 Å². The maximum absolute atomic E-state index is 9.88. The molecule has 2 N–H and O–H groups in total. The van der Waals surface area contributed by atoms with Crippen molar-refractivity contribution in [3.8, 4) is 0 Å². The summed E-state index contributed by atoms with van der Waals surface area (Å²) in [6.07, 6.45) is 4.61. The lowest BCUT2D eigenvalue weighted by Crippen LogP contribution is -2.41. The summed E-state index contributed by atoms with van der Waals surface area (Å²) in [4.78, 5) is 2.51. The average molecular weight is 286 g/mol. The van der Waals surface area contributed by atoms with E-state index in [2.05, 4.69) is 17.1 Å². The number of nitrogens with one attached hydrogen (secondary N) is 1. The number of rotatable bonds is 9. The number of hydrogen-bond acceptors (Lipinski definition) is 5. The van der Waals surface area contributed by atoms with E-state index >= 15 is 0 Å². The van der Waals surface area contributed by atoms with Crippen molar-refractivity contribution in [3.63, 3.8) is 0 Å². The molecule has 0 aromatic heterocycles. The lowest BCUT2D eigenvalue weighted by molar-refractivity contribution is -0.0166. The summed E-state index contributed by atoms with van der Waals surface area (Å²) < 4.78 is 11.0. The first-order valence-electron chi connectivity index (χ1n) is 8.11. The van der Waals surface area contributed by atoms with Crippen LogP contribution in [0.5, 0.6) is 0 Å². The Hall–Kier alpha value is -0.200. The molecule has 2 fully saturated rings. The summed E-state index contributed by atoms with van der Waals surface area (Å²) >= 11 is 0. The van der Waals surface area contributed by atoms with Crippen molar-refractivity contribution < 1.29 is 14.6 Å². The Bertz CT molecular complexity index is 260. The van der Waals surface area contributed by atoms with Crippen LogP contribution in [-0.4, -0.2) is 74.3 Å². The molecule has 2 aliphatic heterocycles. The molecule has 5 nitrogen and oxygen atoms in total. The van der Waals surface area contributed by atoms with E-state index in [9.17, 15) is 5.11 Å². The second-order valence-corrected chi connectivity index (χ2v) is 5.91. The Kier molecular flexibility index (Phi) is 7.24. The molecule has 2 saturated heterocycles. The highest BCUT2D eigenvalue weighted by Gasteiger charge is 2.22. The zero-order chi connectivity index (χ0) is 14.2. The van der Waals surface area contributed by atoms with Gasteiger partial charge in [0.1, 0.15) is 0 Å². The van der Waals surface area contributed by atoms with Crippen molar-refractivity contribution in [1.29, 1.82) is 0 Å². The van der Waals surface area contributed by atoms with Gasteiger partial charge < -0.3 is 19.9 Å². The van der Waals surface area contributed by atoms with E-state index in [0.29, 0.717) is 25.8 Å². The molecule has 2 rings (SSSR count). The second-order valence-electron chi connectivity index (χ2n) is 5.91. The fraction of sp³-hybridized carbons (Fsp3) is 1.00. The monoisotopic (exact) mass is 286 g/mol. The molecule has 0 aromatic rings. The molecule has 5 heteroatoms. The minimum absolute atomic E-state index is 0.242. The van der Waals surface area contributed by atoms with E-state index in [1.165, 1.54) is 19.4 Å². The van der Waals surface area contributed by atoms with Crippen LogP contribution in [0, 0.1) is 0 Å². The van der Waals surface area contributed by atoms with E-state index in [-0.39, 0.29) is 6.10 Å². The third-order valence-electron chi connectivity index (χ3n) is 4.30. The lowest BCUT2D eigenvalue weighted by Gasteiger charge is -2.23. The summed E-state index contributed by atoms with van der Waals surface area (Å²) in [6.45, 7) is 8.00. The van der Waals surface area contributed by atoms with Gasteiger partial charge in [-0.15, -0.1) is 0 Å². The first-order valence-corrected chi connectivity index (χ1v) is 8.11. The molecule has 0 unspecified atom stereocenters. The first-order chi connectivity index (χ1) is 9.79. The van der Waals surface area contributed by atoms with Crippen LogP contribution in [-0.2, 0) is 9.47 Å². The highest BCUT2D eigenvalue weighted by Crippen LogP contribution is 2.15. The largest absolute Gasteiger partial charge is 0.389 e. The molecule has 3 atom stereocenters. The standard InChI is InChI=1S/C15H30N2O3/c1-2-17-7-3-5-13(17)9-16-10-14(18)11-19-12-15-6-4-8-20-15/h13-16,18H,2-12H2,1H3/t13-,14-,15-/m0/s1. The summed E-state index contributed by atoms with van der Waals surface area (Å²) in [5.41, 5.74) is 0. The van der Waals surface area contributed by atoms with Gasteiger partial charge in [-0.05, 0) is 38.8 Å². The van der Waals surface area contributed by atoms with Crippen LogP contribution < -0.4 is 5.32 Å². The van der Waals surface area contributed by atoms with Crippen molar-refractivity contribution in [3.05, 3.63) is 0 Å². The highest BCUT2D eigenvalue weighted by atomic mass is 16.5. The molecule has 118 valence electrons. The van der Waals surface area contributed by atoms with Gasteiger partial charge in [-0.1, -0.05) is 6.92 Å². The van der Waals surface area contributed by atoms with E-state index < -0.39 is 6.10 Å². The molecule has 2 aliphatic rings. The molecule has 2 heterocycles. The van der Waals surface area contributed by atoms with E-state index in [0.717, 1.165) is 32.5 Å². The Balaban J connectivity index is 1.48. The molecule has 0 aromatic carbocycles. The van der Waals surface area contributed by atoms with Crippen molar-refractivity contribution in [2.75, 3.05) is 46.0 Å². The minimum Gasteiger partial charge on any atom is -0.389 e. The maximum Gasteiger partial charge on any atom is 0.0897 e. The number of likely N-dealkylation sites (N-methyl/N-ethyl adjacent to an activating group) is 1. The minimum atomic E-state index is -0.423. The molecule has 0 bridgehead atoms. The van der Waals surface area contributed by atoms with Gasteiger partial charge >= 0.3 is 0 Å². The first kappa shape index (κ1) is 16.2. The van der Waals surface area contributed by atoms with Crippen LogP contribution in [0.1, 0.15) is 32.6 Å². The maximum atomic E-state index is 9.88. The van der Waals surface area contributed by atoms with Crippen molar-refractivity contribution in [2.24, 2.45) is 0 Å². The van der Waals surface area contributed by atoms with Gasteiger partial charge in [-0.2, -0.15) is 0 Å². The molecule has 0 radical (unpaired) electrons. The van der Waals surface area contributed by atoms with Gasteiger partial charge in [0.05, 0.1) is 25.4 Å². The zero-order valence-electron chi connectivity index (χ0n) is 12.7. The van der Waals surface area contributed by atoms with E-state index in [1.54, 1.807) is 0 Å². The summed E-state index contributed by atoms with van der Waals surface area (Å²) in [7, 11) is 0. The quantitative estimate of drug-likeness (QED) is 0.651. The molecule has 0 aliphatic carbocycles. The Morgan fingerprint density at radius 1 is 1.40 bits per heavy atom. The second kappa shape index (κ2) is 8.95. The number of nitrogens with zero attached hydrogens (tertiary/aromatic N) is 1. The molecule has 0 saturated carbocycles. The number of aliphatic hydroxyl groups is 1.